The number of pyridine rings is 1. The fraction of sp³-hybridized carbons (Fsp3) is 0.462. The lowest BCUT2D eigenvalue weighted by Crippen LogP contribution is -2.53. The van der Waals surface area contributed by atoms with Gasteiger partial charge in [0.25, 0.3) is 0 Å². The Morgan fingerprint density at radius 2 is 2.03 bits per heavy atom. The minimum atomic E-state index is -1.41. The molecule has 2 N–H and O–H groups in total. The van der Waals surface area contributed by atoms with Crippen LogP contribution in [0.4, 0.5) is 4.79 Å². The van der Waals surface area contributed by atoms with Crippen LogP contribution in [0.3, 0.4) is 0 Å². The van der Waals surface area contributed by atoms with Crippen molar-refractivity contribution < 1.29 is 33.7 Å². The number of ether oxygens (including phenoxy) is 3. The number of nitrogens with zero attached hydrogens (tertiary/aromatic N) is 2. The van der Waals surface area contributed by atoms with Crippen molar-refractivity contribution in [2.45, 2.75) is 56.9 Å². The molecule has 10 nitrogen and oxygen atoms in total. The maximum absolute atomic E-state index is 13.3. The number of nitrogens with one attached hydrogen (secondary N) is 1. The quantitative estimate of drug-likeness (QED) is 0.559. The van der Waals surface area contributed by atoms with Gasteiger partial charge in [-0.15, -0.1) is 6.58 Å². The molecule has 4 atom stereocenters. The summed E-state index contributed by atoms with van der Waals surface area (Å²) < 4.78 is 17.0. The van der Waals surface area contributed by atoms with E-state index in [2.05, 4.69) is 16.9 Å². The van der Waals surface area contributed by atoms with Crippen molar-refractivity contribution in [3.05, 3.63) is 43.1 Å². The third-order valence-corrected chi connectivity index (χ3v) is 6.42. The molecule has 0 unspecified atom stereocenters. The Balaban J connectivity index is 1.57. The van der Waals surface area contributed by atoms with Gasteiger partial charge in [-0.25, -0.2) is 9.59 Å². The highest BCUT2D eigenvalue weighted by molar-refractivity contribution is 5.94. The van der Waals surface area contributed by atoms with Gasteiger partial charge >= 0.3 is 12.1 Å². The van der Waals surface area contributed by atoms with Crippen LogP contribution in [0.1, 0.15) is 33.6 Å². The molecule has 2 aliphatic rings. The fourth-order valence-electron chi connectivity index (χ4n) is 4.48. The van der Waals surface area contributed by atoms with Crippen LogP contribution in [0.5, 0.6) is 11.5 Å². The van der Waals surface area contributed by atoms with Crippen molar-refractivity contribution >= 4 is 28.9 Å². The van der Waals surface area contributed by atoms with Gasteiger partial charge in [-0.1, -0.05) is 6.08 Å². The normalized spacial score (nSPS) is 25.2. The third kappa shape index (κ3) is 4.93. The van der Waals surface area contributed by atoms with Crippen LogP contribution in [0.25, 0.3) is 10.9 Å². The second-order valence-corrected chi connectivity index (χ2v) is 10.1. The average Bonchev–Trinajstić information content (AvgIpc) is 3.37. The second-order valence-electron chi connectivity index (χ2n) is 10.1. The summed E-state index contributed by atoms with van der Waals surface area (Å²) in [6.07, 6.45) is 2.35. The van der Waals surface area contributed by atoms with Crippen molar-refractivity contribution in [2.24, 2.45) is 5.92 Å². The molecule has 36 heavy (non-hydrogen) atoms. The van der Waals surface area contributed by atoms with Gasteiger partial charge in [0.15, 0.2) is 0 Å². The topological polar surface area (TPSA) is 127 Å². The molecule has 2 amide bonds. The Kier molecular flexibility index (Phi) is 6.55. The van der Waals surface area contributed by atoms with Gasteiger partial charge in [-0.05, 0) is 45.4 Å². The first-order valence-electron chi connectivity index (χ1n) is 11.7. The summed E-state index contributed by atoms with van der Waals surface area (Å²) >= 11 is 0. The average molecular weight is 498 g/mol. The number of rotatable bonds is 7. The summed E-state index contributed by atoms with van der Waals surface area (Å²) in [4.78, 5) is 43.8. The molecule has 1 aliphatic heterocycles. The molecule has 1 aromatic carbocycles. The Morgan fingerprint density at radius 1 is 1.28 bits per heavy atom. The molecule has 0 spiro atoms. The van der Waals surface area contributed by atoms with E-state index in [1.165, 1.54) is 11.0 Å². The van der Waals surface area contributed by atoms with Crippen LogP contribution >= 0.6 is 0 Å². The molecule has 2 aromatic rings. The van der Waals surface area contributed by atoms with Crippen LogP contribution in [-0.2, 0) is 14.3 Å². The van der Waals surface area contributed by atoms with E-state index in [0.717, 1.165) is 5.39 Å². The van der Waals surface area contributed by atoms with E-state index in [1.54, 1.807) is 52.3 Å². The van der Waals surface area contributed by atoms with E-state index in [1.807, 2.05) is 6.07 Å². The predicted molar refractivity (Wildman–Crippen MR) is 131 cm³/mol. The zero-order chi connectivity index (χ0) is 26.3. The molecule has 1 saturated carbocycles. The van der Waals surface area contributed by atoms with Crippen LogP contribution < -0.4 is 14.8 Å². The van der Waals surface area contributed by atoms with Gasteiger partial charge in [0.05, 0.1) is 19.2 Å². The van der Waals surface area contributed by atoms with Crippen molar-refractivity contribution in [3.8, 4) is 11.5 Å². The number of hydrogen-bond donors (Lipinski definition) is 2. The van der Waals surface area contributed by atoms with E-state index < -0.39 is 41.3 Å². The Bertz CT molecular complexity index is 1210. The maximum Gasteiger partial charge on any atom is 0.411 e. The number of benzene rings is 1. The standard InChI is InChI=1S/C26H31N3O7/c1-6-15-13-26(15,23(31)32)28-22(30)20-12-17(14-29(20)24(33)36-25(2,3)4)35-21-9-10-27-19-11-16(34-5)7-8-18(19)21/h6-11,15,17,20H,1,12-14H2,2-5H3,(H,28,30)(H,31,32)/t15-,17-,20+,26-/m1/s1. The molecule has 0 bridgehead atoms. The molecular formula is C26H31N3O7. The lowest BCUT2D eigenvalue weighted by molar-refractivity contribution is -0.144. The molecule has 1 aliphatic carbocycles. The van der Waals surface area contributed by atoms with Crippen molar-refractivity contribution in [1.29, 1.82) is 0 Å². The molecule has 1 saturated heterocycles. The Hall–Kier alpha value is -3.82. The Morgan fingerprint density at radius 3 is 2.64 bits per heavy atom. The summed E-state index contributed by atoms with van der Waals surface area (Å²) in [5.41, 5.74) is -1.50. The van der Waals surface area contributed by atoms with E-state index in [9.17, 15) is 19.5 Å². The van der Waals surface area contributed by atoms with Crippen LogP contribution in [-0.4, -0.2) is 69.9 Å². The largest absolute Gasteiger partial charge is 0.497 e. The molecule has 2 fully saturated rings. The molecule has 0 radical (unpaired) electrons. The van der Waals surface area contributed by atoms with Gasteiger partial charge in [-0.2, -0.15) is 0 Å². The number of fused-ring (bicyclic) bond motifs is 1. The molecule has 192 valence electrons. The monoisotopic (exact) mass is 497 g/mol. The minimum Gasteiger partial charge on any atom is -0.497 e. The highest BCUT2D eigenvalue weighted by Gasteiger charge is 2.61. The van der Waals surface area contributed by atoms with Gasteiger partial charge in [0.2, 0.25) is 5.91 Å². The lowest BCUT2D eigenvalue weighted by Gasteiger charge is -2.28. The first-order valence-corrected chi connectivity index (χ1v) is 11.7. The van der Waals surface area contributed by atoms with Crippen LogP contribution in [0.2, 0.25) is 0 Å². The molecule has 1 aromatic heterocycles. The number of aromatic nitrogens is 1. The van der Waals surface area contributed by atoms with Gasteiger partial charge in [-0.3, -0.25) is 14.7 Å². The first kappa shape index (κ1) is 25.3. The predicted octanol–water partition coefficient (Wildman–Crippen LogP) is 3.15. The van der Waals surface area contributed by atoms with Crippen molar-refractivity contribution in [3.63, 3.8) is 0 Å². The number of carbonyl (C=O) groups is 3. The van der Waals surface area contributed by atoms with E-state index >= 15 is 0 Å². The summed E-state index contributed by atoms with van der Waals surface area (Å²) in [5.74, 6) is -0.862. The number of hydrogen-bond acceptors (Lipinski definition) is 7. The summed E-state index contributed by atoms with van der Waals surface area (Å²) in [7, 11) is 1.57. The van der Waals surface area contributed by atoms with Crippen LogP contribution in [0, 0.1) is 5.92 Å². The highest BCUT2D eigenvalue weighted by Crippen LogP contribution is 2.45. The number of carboxylic acid groups (broad SMARTS) is 1. The molecule has 10 heteroatoms. The number of carbonyl (C=O) groups excluding carboxylic acids is 2. The number of carboxylic acids is 1. The highest BCUT2D eigenvalue weighted by atomic mass is 16.6. The van der Waals surface area contributed by atoms with Crippen molar-refractivity contribution in [2.75, 3.05) is 13.7 Å². The number of amides is 2. The Labute approximate surface area is 209 Å². The molecular weight excluding hydrogens is 466 g/mol. The minimum absolute atomic E-state index is 0.0952. The smallest absolute Gasteiger partial charge is 0.411 e. The van der Waals surface area contributed by atoms with Crippen molar-refractivity contribution in [1.82, 2.24) is 15.2 Å². The molecule has 4 rings (SSSR count). The van der Waals surface area contributed by atoms with E-state index in [-0.39, 0.29) is 25.3 Å². The van der Waals surface area contributed by atoms with E-state index in [4.69, 9.17) is 14.2 Å². The maximum atomic E-state index is 13.3. The zero-order valence-electron chi connectivity index (χ0n) is 20.8. The summed E-state index contributed by atoms with van der Waals surface area (Å²) in [6.45, 7) is 8.95. The zero-order valence-corrected chi connectivity index (χ0v) is 20.8. The van der Waals surface area contributed by atoms with Gasteiger partial charge in [0.1, 0.15) is 34.8 Å². The van der Waals surface area contributed by atoms with Crippen LogP contribution in [0.15, 0.2) is 43.1 Å². The lowest BCUT2D eigenvalue weighted by atomic mass is 10.1. The SMILES string of the molecule is C=C[C@@H]1C[C@]1(NC(=O)[C@@H]1C[C@@H](Oc2ccnc3cc(OC)ccc23)CN1C(=O)OC(C)(C)C)C(=O)O. The number of methoxy groups -OCH3 is 1. The summed E-state index contributed by atoms with van der Waals surface area (Å²) in [5, 5.41) is 13.1. The summed E-state index contributed by atoms with van der Waals surface area (Å²) in [6, 6.07) is 6.18. The first-order chi connectivity index (χ1) is 17.0. The van der Waals surface area contributed by atoms with Gasteiger partial charge in [0, 0.05) is 30.0 Å². The number of likely N-dealkylation sites (tertiary alicyclic amines) is 1. The number of aliphatic carboxylic acids is 1. The van der Waals surface area contributed by atoms with E-state index in [0.29, 0.717) is 17.0 Å². The third-order valence-electron chi connectivity index (χ3n) is 6.42. The molecule has 2 heterocycles. The second kappa shape index (κ2) is 9.33. The fourth-order valence-corrected chi connectivity index (χ4v) is 4.48. The van der Waals surface area contributed by atoms with Gasteiger partial charge < -0.3 is 24.6 Å².